The highest BCUT2D eigenvalue weighted by molar-refractivity contribution is 6.35. The maximum atomic E-state index is 13.0. The van der Waals surface area contributed by atoms with Crippen LogP contribution in [-0.2, 0) is 6.42 Å². The molecule has 0 spiro atoms. The number of Topliss-reactive ketones (excluding diaryl/α,β-unsaturated/α-hetero) is 1. The lowest BCUT2D eigenvalue weighted by Gasteiger charge is -2.30. The minimum atomic E-state index is -0.490. The topological polar surface area (TPSA) is 70.2 Å². The first-order valence-electron chi connectivity index (χ1n) is 9.01. The minimum Gasteiger partial charge on any atom is -0.335 e. The largest absolute Gasteiger partial charge is 0.335 e. The summed E-state index contributed by atoms with van der Waals surface area (Å²) in [6.45, 7) is 5.78. The summed E-state index contributed by atoms with van der Waals surface area (Å²) in [6, 6.07) is 6.10. The molecule has 7 heteroatoms. The molecule has 1 aromatic heterocycles. The number of rotatable bonds is 3. The summed E-state index contributed by atoms with van der Waals surface area (Å²) in [6.07, 6.45) is 0.969. The average molecular weight is 421 g/mol. The molecule has 2 aromatic rings. The second-order valence-electron chi connectivity index (χ2n) is 8.10. The molecule has 1 heterocycles. The van der Waals surface area contributed by atoms with E-state index in [-0.39, 0.29) is 22.8 Å². The normalized spacial score (nSPS) is 16.4. The van der Waals surface area contributed by atoms with Crippen molar-refractivity contribution in [3.05, 3.63) is 67.0 Å². The molecule has 0 aliphatic heterocycles. The molecule has 0 bridgehead atoms. The van der Waals surface area contributed by atoms with E-state index in [1.54, 1.807) is 25.2 Å². The molecule has 0 saturated heterocycles. The maximum Gasteiger partial charge on any atom is 0.261 e. The van der Waals surface area contributed by atoms with Gasteiger partial charge in [0.05, 0.1) is 6.04 Å². The summed E-state index contributed by atoms with van der Waals surface area (Å²) in [5, 5.41) is 0.943. The predicted octanol–water partition coefficient (Wildman–Crippen LogP) is 4.67. The number of carbonyl (C=O) groups excluding carboxylic acids is 2. The van der Waals surface area contributed by atoms with Gasteiger partial charge in [0, 0.05) is 34.8 Å². The number of halogens is 2. The lowest BCUT2D eigenvalue weighted by Crippen LogP contribution is -2.36. The zero-order valence-electron chi connectivity index (χ0n) is 16.2. The first kappa shape index (κ1) is 20.6. The molecule has 148 valence electrons. The third-order valence-corrected chi connectivity index (χ3v) is 5.82. The average Bonchev–Trinajstić information content (AvgIpc) is 2.58. The van der Waals surface area contributed by atoms with E-state index in [0.717, 1.165) is 0 Å². The first-order chi connectivity index (χ1) is 13.0. The highest BCUT2D eigenvalue weighted by Gasteiger charge is 2.33. The van der Waals surface area contributed by atoms with E-state index in [1.165, 1.54) is 11.0 Å². The number of H-pyrrole nitrogens is 1. The van der Waals surface area contributed by atoms with E-state index >= 15 is 0 Å². The van der Waals surface area contributed by atoms with Crippen molar-refractivity contribution in [3.63, 3.8) is 0 Å². The van der Waals surface area contributed by atoms with Gasteiger partial charge in [-0.15, -0.1) is 0 Å². The summed E-state index contributed by atoms with van der Waals surface area (Å²) < 4.78 is 0. The Balaban J connectivity index is 1.95. The summed E-state index contributed by atoms with van der Waals surface area (Å²) in [4.78, 5) is 42.3. The quantitative estimate of drug-likeness (QED) is 0.783. The van der Waals surface area contributed by atoms with Crippen LogP contribution in [0.15, 0.2) is 29.1 Å². The van der Waals surface area contributed by atoms with Crippen molar-refractivity contribution in [2.75, 3.05) is 7.05 Å². The Morgan fingerprint density at radius 3 is 2.50 bits per heavy atom. The molecule has 5 nitrogen and oxygen atoms in total. The molecule has 0 radical (unpaired) electrons. The maximum absolute atomic E-state index is 13.0. The number of nitrogens with one attached hydrogen (secondary N) is 1. The Hall–Kier alpha value is -2.11. The summed E-state index contributed by atoms with van der Waals surface area (Å²) in [5.41, 5.74) is 0.984. The molecule has 3 rings (SSSR count). The Labute approximate surface area is 173 Å². The van der Waals surface area contributed by atoms with E-state index in [4.69, 9.17) is 23.2 Å². The molecule has 1 atom stereocenters. The number of pyridine rings is 1. The first-order valence-corrected chi connectivity index (χ1v) is 9.77. The molecule has 1 unspecified atom stereocenters. The van der Waals surface area contributed by atoms with Crippen molar-refractivity contribution in [1.29, 1.82) is 0 Å². The van der Waals surface area contributed by atoms with E-state index < -0.39 is 11.5 Å². The van der Waals surface area contributed by atoms with Crippen LogP contribution in [0.2, 0.25) is 10.0 Å². The van der Waals surface area contributed by atoms with Gasteiger partial charge in [-0.3, -0.25) is 14.4 Å². The number of nitrogens with zero attached hydrogens (tertiary/aromatic N) is 1. The standard InChI is InChI=1S/C21H22Cl2N2O3/c1-11(13-6-5-12(22)7-16(13)23)25(4)20(28)15-8-14-17(24-19(15)27)9-21(2,3)10-18(14)26/h5-8,11H,9-10H2,1-4H3,(H,24,27). The van der Waals surface area contributed by atoms with Crippen LogP contribution in [0.1, 0.15) is 65.2 Å². The molecule has 1 aromatic carbocycles. The van der Waals surface area contributed by atoms with Crippen molar-refractivity contribution in [2.24, 2.45) is 5.41 Å². The Morgan fingerprint density at radius 2 is 1.86 bits per heavy atom. The van der Waals surface area contributed by atoms with E-state index in [1.807, 2.05) is 20.8 Å². The van der Waals surface area contributed by atoms with Gasteiger partial charge in [-0.2, -0.15) is 0 Å². The fraction of sp³-hybridized carbons (Fsp3) is 0.381. The minimum absolute atomic E-state index is 0.0498. The molecular formula is C21H22Cl2N2O3. The van der Waals surface area contributed by atoms with E-state index in [9.17, 15) is 14.4 Å². The SMILES string of the molecule is CC(c1ccc(Cl)cc1Cl)N(C)C(=O)c1cc2c([nH]c1=O)CC(C)(C)CC2=O. The number of carbonyl (C=O) groups is 2. The van der Waals surface area contributed by atoms with Crippen molar-refractivity contribution in [1.82, 2.24) is 9.88 Å². The van der Waals surface area contributed by atoms with Gasteiger partial charge in [0.25, 0.3) is 11.5 Å². The Bertz CT molecular complexity index is 1030. The molecule has 0 fully saturated rings. The van der Waals surface area contributed by atoms with Crippen LogP contribution >= 0.6 is 23.2 Å². The number of amides is 1. The number of aromatic amines is 1. The molecule has 1 aliphatic carbocycles. The monoisotopic (exact) mass is 420 g/mol. The highest BCUT2D eigenvalue weighted by atomic mass is 35.5. The van der Waals surface area contributed by atoms with Crippen LogP contribution in [0.5, 0.6) is 0 Å². The fourth-order valence-corrected chi connectivity index (χ4v) is 4.17. The number of hydrogen-bond acceptors (Lipinski definition) is 3. The van der Waals surface area contributed by atoms with Crippen molar-refractivity contribution < 1.29 is 9.59 Å². The lowest BCUT2D eigenvalue weighted by atomic mass is 9.75. The van der Waals surface area contributed by atoms with E-state index in [0.29, 0.717) is 39.7 Å². The lowest BCUT2D eigenvalue weighted by molar-refractivity contribution is 0.0741. The second-order valence-corrected chi connectivity index (χ2v) is 8.95. The van der Waals surface area contributed by atoms with Crippen LogP contribution in [0, 0.1) is 5.41 Å². The van der Waals surface area contributed by atoms with Gasteiger partial charge in [-0.1, -0.05) is 43.1 Å². The fourth-order valence-electron chi connectivity index (χ4n) is 3.60. The molecule has 0 saturated carbocycles. The molecule has 1 N–H and O–H groups in total. The predicted molar refractivity (Wildman–Crippen MR) is 110 cm³/mol. The smallest absolute Gasteiger partial charge is 0.261 e. The number of benzene rings is 1. The van der Waals surface area contributed by atoms with Crippen molar-refractivity contribution >= 4 is 34.9 Å². The molecule has 1 amide bonds. The summed E-state index contributed by atoms with van der Waals surface area (Å²) in [7, 11) is 1.60. The number of hydrogen-bond donors (Lipinski definition) is 1. The third kappa shape index (κ3) is 3.87. The van der Waals surface area contributed by atoms with Gasteiger partial charge < -0.3 is 9.88 Å². The molecule has 28 heavy (non-hydrogen) atoms. The van der Waals surface area contributed by atoms with Gasteiger partial charge in [0.2, 0.25) is 0 Å². The molecular weight excluding hydrogens is 399 g/mol. The van der Waals surface area contributed by atoms with Crippen LogP contribution < -0.4 is 5.56 Å². The Morgan fingerprint density at radius 1 is 1.18 bits per heavy atom. The van der Waals surface area contributed by atoms with E-state index in [2.05, 4.69) is 4.98 Å². The van der Waals surface area contributed by atoms with Crippen molar-refractivity contribution in [2.45, 2.75) is 39.7 Å². The van der Waals surface area contributed by atoms with Crippen LogP contribution in [0.3, 0.4) is 0 Å². The summed E-state index contributed by atoms with van der Waals surface area (Å²) in [5.74, 6) is -0.534. The van der Waals surface area contributed by atoms with Gasteiger partial charge in [-0.05, 0) is 42.5 Å². The van der Waals surface area contributed by atoms with Gasteiger partial charge in [-0.25, -0.2) is 0 Å². The number of fused-ring (bicyclic) bond motifs is 1. The van der Waals surface area contributed by atoms with Crippen LogP contribution in [-0.4, -0.2) is 28.6 Å². The number of aromatic nitrogens is 1. The van der Waals surface area contributed by atoms with Crippen molar-refractivity contribution in [3.8, 4) is 0 Å². The van der Waals surface area contributed by atoms with Gasteiger partial charge in [0.15, 0.2) is 5.78 Å². The zero-order chi connectivity index (χ0) is 20.8. The Kier molecular flexibility index (Phi) is 5.43. The summed E-state index contributed by atoms with van der Waals surface area (Å²) >= 11 is 12.2. The van der Waals surface area contributed by atoms with Gasteiger partial charge >= 0.3 is 0 Å². The van der Waals surface area contributed by atoms with Gasteiger partial charge in [0.1, 0.15) is 5.56 Å². The zero-order valence-corrected chi connectivity index (χ0v) is 17.7. The molecule has 1 aliphatic rings. The van der Waals surface area contributed by atoms with Crippen LogP contribution in [0.25, 0.3) is 0 Å². The third-order valence-electron chi connectivity index (χ3n) is 5.26. The number of ketones is 1. The van der Waals surface area contributed by atoms with Crippen LogP contribution in [0.4, 0.5) is 0 Å². The second kappa shape index (κ2) is 7.37. The highest BCUT2D eigenvalue weighted by Crippen LogP contribution is 2.34.